The first-order valence-electron chi connectivity index (χ1n) is 6.12. The fourth-order valence-electron chi connectivity index (χ4n) is 1.91. The van der Waals surface area contributed by atoms with Gasteiger partial charge in [-0.25, -0.2) is 0 Å². The second-order valence-corrected chi connectivity index (χ2v) is 4.36. The molecule has 17 heavy (non-hydrogen) atoms. The average molecular weight is 235 g/mol. The van der Waals surface area contributed by atoms with E-state index in [1.54, 1.807) is 0 Å². The molecule has 1 atom stereocenters. The van der Waals surface area contributed by atoms with Gasteiger partial charge in [0.25, 0.3) is 0 Å². The highest BCUT2D eigenvalue weighted by molar-refractivity contribution is 5.73. The van der Waals surface area contributed by atoms with Gasteiger partial charge in [-0.15, -0.1) is 0 Å². The third-order valence-corrected chi connectivity index (χ3v) is 2.98. The van der Waals surface area contributed by atoms with Crippen LogP contribution >= 0.6 is 0 Å². The average Bonchev–Trinajstić information content (AvgIpc) is 2.34. The number of nitrogens with zero attached hydrogens (tertiary/aromatic N) is 1. The van der Waals surface area contributed by atoms with Crippen molar-refractivity contribution in [2.24, 2.45) is 0 Å². The van der Waals surface area contributed by atoms with Crippen LogP contribution in [0.15, 0.2) is 30.3 Å². The Balaban J connectivity index is 2.47. The molecule has 1 rings (SSSR count). The molecule has 0 aromatic heterocycles. The summed E-state index contributed by atoms with van der Waals surface area (Å²) in [5.41, 5.74) is 1.25. The molecule has 94 valence electrons. The molecule has 0 bridgehead atoms. The number of hydrogen-bond acceptors (Lipinski definition) is 2. The van der Waals surface area contributed by atoms with E-state index in [-0.39, 0.29) is 6.04 Å². The van der Waals surface area contributed by atoms with Gasteiger partial charge < -0.3 is 5.11 Å². The Hall–Kier alpha value is -1.35. The SMILES string of the molecule is CCCC(C(=O)O)N(C)CCc1ccccc1. The van der Waals surface area contributed by atoms with Crippen molar-refractivity contribution in [3.63, 3.8) is 0 Å². The van der Waals surface area contributed by atoms with Crippen LogP contribution in [0, 0.1) is 0 Å². The fraction of sp³-hybridized carbons (Fsp3) is 0.500. The van der Waals surface area contributed by atoms with Crippen LogP contribution in [0.3, 0.4) is 0 Å². The smallest absolute Gasteiger partial charge is 0.320 e. The topological polar surface area (TPSA) is 40.5 Å². The van der Waals surface area contributed by atoms with Crippen LogP contribution in [0.25, 0.3) is 0 Å². The van der Waals surface area contributed by atoms with Crippen molar-refractivity contribution in [1.82, 2.24) is 4.90 Å². The monoisotopic (exact) mass is 235 g/mol. The van der Waals surface area contributed by atoms with E-state index >= 15 is 0 Å². The first-order valence-corrected chi connectivity index (χ1v) is 6.12. The number of aliphatic carboxylic acids is 1. The lowest BCUT2D eigenvalue weighted by Gasteiger charge is -2.24. The molecule has 0 fully saturated rings. The number of hydrogen-bond donors (Lipinski definition) is 1. The van der Waals surface area contributed by atoms with Gasteiger partial charge in [-0.3, -0.25) is 9.69 Å². The zero-order chi connectivity index (χ0) is 12.7. The van der Waals surface area contributed by atoms with Gasteiger partial charge in [0.2, 0.25) is 0 Å². The minimum absolute atomic E-state index is 0.358. The zero-order valence-corrected chi connectivity index (χ0v) is 10.6. The van der Waals surface area contributed by atoms with E-state index in [2.05, 4.69) is 12.1 Å². The number of benzene rings is 1. The quantitative estimate of drug-likeness (QED) is 0.789. The molecule has 1 aromatic rings. The Bertz CT molecular complexity index is 337. The summed E-state index contributed by atoms with van der Waals surface area (Å²) >= 11 is 0. The molecule has 0 aliphatic carbocycles. The maximum Gasteiger partial charge on any atom is 0.320 e. The third-order valence-electron chi connectivity index (χ3n) is 2.98. The van der Waals surface area contributed by atoms with Gasteiger partial charge in [-0.1, -0.05) is 43.7 Å². The van der Waals surface area contributed by atoms with E-state index in [4.69, 9.17) is 5.11 Å². The maximum absolute atomic E-state index is 11.1. The second-order valence-electron chi connectivity index (χ2n) is 4.36. The molecule has 0 heterocycles. The molecule has 0 saturated carbocycles. The van der Waals surface area contributed by atoms with Crippen LogP contribution in [-0.4, -0.2) is 35.6 Å². The van der Waals surface area contributed by atoms with Crippen molar-refractivity contribution in [2.75, 3.05) is 13.6 Å². The maximum atomic E-state index is 11.1. The van der Waals surface area contributed by atoms with E-state index in [9.17, 15) is 4.79 Å². The van der Waals surface area contributed by atoms with Gasteiger partial charge in [-0.05, 0) is 25.5 Å². The molecule has 1 unspecified atom stereocenters. The van der Waals surface area contributed by atoms with Crippen LogP contribution in [0.1, 0.15) is 25.3 Å². The molecule has 1 N–H and O–H groups in total. The zero-order valence-electron chi connectivity index (χ0n) is 10.6. The molecule has 0 radical (unpaired) electrons. The summed E-state index contributed by atoms with van der Waals surface area (Å²) < 4.78 is 0. The predicted molar refractivity (Wildman–Crippen MR) is 69.1 cm³/mol. The Morgan fingerprint density at radius 2 is 2.00 bits per heavy atom. The Kier molecular flexibility index (Phi) is 5.70. The lowest BCUT2D eigenvalue weighted by molar-refractivity contribution is -0.143. The summed E-state index contributed by atoms with van der Waals surface area (Å²) in [6.45, 7) is 2.79. The molecule has 1 aromatic carbocycles. The molecule has 3 nitrogen and oxygen atoms in total. The van der Waals surface area contributed by atoms with Gasteiger partial charge in [0.05, 0.1) is 0 Å². The van der Waals surface area contributed by atoms with Gasteiger partial charge in [0.15, 0.2) is 0 Å². The lowest BCUT2D eigenvalue weighted by atomic mass is 10.1. The molecular weight excluding hydrogens is 214 g/mol. The molecular formula is C14H21NO2. The second kappa shape index (κ2) is 7.07. The van der Waals surface area contributed by atoms with E-state index in [0.717, 1.165) is 19.4 Å². The van der Waals surface area contributed by atoms with Crippen molar-refractivity contribution < 1.29 is 9.90 Å². The summed E-state index contributed by atoms with van der Waals surface area (Å²) in [5.74, 6) is -0.720. The largest absolute Gasteiger partial charge is 0.480 e. The summed E-state index contributed by atoms with van der Waals surface area (Å²) in [7, 11) is 1.89. The predicted octanol–water partition coefficient (Wildman–Crippen LogP) is 2.41. The lowest BCUT2D eigenvalue weighted by Crippen LogP contribution is -2.39. The summed E-state index contributed by atoms with van der Waals surface area (Å²) in [6.07, 6.45) is 2.50. The van der Waals surface area contributed by atoms with Crippen molar-refractivity contribution in [3.8, 4) is 0 Å². The highest BCUT2D eigenvalue weighted by Crippen LogP contribution is 2.07. The molecule has 0 aliphatic heterocycles. The molecule has 0 spiro atoms. The van der Waals surface area contributed by atoms with Gasteiger partial charge in [0.1, 0.15) is 6.04 Å². The first-order chi connectivity index (χ1) is 8.15. The number of likely N-dealkylation sites (N-methyl/N-ethyl adjacent to an activating group) is 1. The molecule has 3 heteroatoms. The van der Waals surface area contributed by atoms with E-state index in [0.29, 0.717) is 6.42 Å². The number of rotatable bonds is 7. The highest BCUT2D eigenvalue weighted by atomic mass is 16.4. The minimum Gasteiger partial charge on any atom is -0.480 e. The molecule has 0 amide bonds. The molecule has 0 aliphatic rings. The standard InChI is InChI=1S/C14H21NO2/c1-3-7-13(14(16)17)15(2)11-10-12-8-5-4-6-9-12/h4-6,8-9,13H,3,7,10-11H2,1-2H3,(H,16,17). The Morgan fingerprint density at radius 1 is 1.35 bits per heavy atom. The minimum atomic E-state index is -0.720. The fourth-order valence-corrected chi connectivity index (χ4v) is 1.91. The van der Waals surface area contributed by atoms with Gasteiger partial charge in [0, 0.05) is 6.54 Å². The first kappa shape index (κ1) is 13.7. The highest BCUT2D eigenvalue weighted by Gasteiger charge is 2.20. The number of carbonyl (C=O) groups is 1. The summed E-state index contributed by atoms with van der Waals surface area (Å²) in [6, 6.07) is 9.80. The Morgan fingerprint density at radius 3 is 2.53 bits per heavy atom. The molecule has 0 saturated heterocycles. The van der Waals surface area contributed by atoms with Crippen LogP contribution < -0.4 is 0 Å². The van der Waals surface area contributed by atoms with Gasteiger partial charge >= 0.3 is 5.97 Å². The van der Waals surface area contributed by atoms with Crippen LogP contribution in [0.5, 0.6) is 0 Å². The van der Waals surface area contributed by atoms with Crippen molar-refractivity contribution in [1.29, 1.82) is 0 Å². The Labute approximate surface area is 103 Å². The van der Waals surface area contributed by atoms with E-state index in [1.807, 2.05) is 37.1 Å². The van der Waals surface area contributed by atoms with Crippen molar-refractivity contribution in [2.45, 2.75) is 32.2 Å². The number of carboxylic acids is 1. The van der Waals surface area contributed by atoms with E-state index in [1.165, 1.54) is 5.56 Å². The van der Waals surface area contributed by atoms with Crippen LogP contribution in [0.2, 0.25) is 0 Å². The van der Waals surface area contributed by atoms with Gasteiger partial charge in [-0.2, -0.15) is 0 Å². The summed E-state index contributed by atoms with van der Waals surface area (Å²) in [5, 5.41) is 9.13. The van der Waals surface area contributed by atoms with Crippen molar-refractivity contribution >= 4 is 5.97 Å². The normalized spacial score (nSPS) is 12.6. The van der Waals surface area contributed by atoms with Crippen LogP contribution in [-0.2, 0) is 11.2 Å². The van der Waals surface area contributed by atoms with Crippen molar-refractivity contribution in [3.05, 3.63) is 35.9 Å². The number of carboxylic acid groups (broad SMARTS) is 1. The van der Waals surface area contributed by atoms with Crippen LogP contribution in [0.4, 0.5) is 0 Å². The third kappa shape index (κ3) is 4.57. The van der Waals surface area contributed by atoms with E-state index < -0.39 is 5.97 Å². The summed E-state index contributed by atoms with van der Waals surface area (Å²) in [4.78, 5) is 13.0.